The maximum atomic E-state index is 6.44. The second-order valence-electron chi connectivity index (χ2n) is 18.2. The van der Waals surface area contributed by atoms with Gasteiger partial charge in [-0.2, -0.15) is 0 Å². The molecule has 0 aliphatic carbocycles. The molecule has 4 heterocycles. The monoisotopic (exact) mass is 1020 g/mol. The number of para-hydroxylation sites is 3. The fraction of sp³-hybridized carbons (Fsp3) is 0.161. The summed E-state index contributed by atoms with van der Waals surface area (Å²) >= 11 is 0. The number of pyridine rings is 2. The minimum absolute atomic E-state index is 0. The minimum atomic E-state index is -1.37. The van der Waals surface area contributed by atoms with Gasteiger partial charge in [0.25, 0.3) is 0 Å². The summed E-state index contributed by atoms with van der Waals surface area (Å²) < 4.78 is 8.71. The predicted octanol–water partition coefficient (Wildman–Crippen LogP) is 14.1. The van der Waals surface area contributed by atoms with E-state index in [4.69, 9.17) is 14.4 Å². The fourth-order valence-corrected chi connectivity index (χ4v) is 9.95. The van der Waals surface area contributed by atoms with E-state index in [9.17, 15) is 0 Å². The Morgan fingerprint density at radius 2 is 1.33 bits per heavy atom. The quantitative estimate of drug-likeness (QED) is 0.118. The van der Waals surface area contributed by atoms with Gasteiger partial charge in [-0.3, -0.25) is 4.98 Å². The molecule has 0 N–H and O–H groups in total. The Morgan fingerprint density at radius 1 is 0.667 bits per heavy atom. The molecule has 7 heteroatoms. The summed E-state index contributed by atoms with van der Waals surface area (Å²) in [6.07, 6.45) is 3.21. The van der Waals surface area contributed by atoms with Crippen molar-refractivity contribution < 1.29 is 24.5 Å². The minimum Gasteiger partial charge on any atom is -0.486 e. The SMILES string of the molecule is CC(C)(C)Cc1cc(-c2[c-]cccc2)ncc1[Si](C)(C)C.Cc1ccc2c(n1)oc1c(-c3nc4ccccc4n3-c3c(-c4ccccc4)cccc3-c3ccccc3)[c-]ccc12.[Ir]. The van der Waals surface area contributed by atoms with Crippen molar-refractivity contribution in [3.63, 3.8) is 0 Å². The van der Waals surface area contributed by atoms with Gasteiger partial charge in [-0.25, -0.2) is 4.98 Å². The average Bonchev–Trinajstić information content (AvgIpc) is 3.84. The number of aromatic nitrogens is 4. The molecule has 1 radical (unpaired) electrons. The van der Waals surface area contributed by atoms with Crippen molar-refractivity contribution >= 4 is 46.4 Å². The number of rotatable bonds is 7. The maximum absolute atomic E-state index is 6.44. The number of furan rings is 1. The van der Waals surface area contributed by atoms with Gasteiger partial charge in [-0.15, -0.1) is 54.1 Å². The molecule has 0 saturated heterocycles. The van der Waals surface area contributed by atoms with E-state index >= 15 is 0 Å². The normalized spacial score (nSPS) is 11.7. The van der Waals surface area contributed by atoms with Gasteiger partial charge < -0.3 is 14.0 Å². The predicted molar refractivity (Wildman–Crippen MR) is 261 cm³/mol. The molecule has 10 rings (SSSR count). The summed E-state index contributed by atoms with van der Waals surface area (Å²) in [7, 11) is -1.37. The zero-order valence-electron chi connectivity index (χ0n) is 36.8. The first-order valence-electron chi connectivity index (χ1n) is 21.3. The largest absolute Gasteiger partial charge is 0.486 e. The van der Waals surface area contributed by atoms with Crippen LogP contribution in [0.4, 0.5) is 0 Å². The first kappa shape index (κ1) is 43.4. The van der Waals surface area contributed by atoms with E-state index in [1.165, 1.54) is 10.8 Å². The molecule has 6 aromatic carbocycles. The van der Waals surface area contributed by atoms with Gasteiger partial charge in [-0.05, 0) is 65.0 Å². The molecule has 0 saturated carbocycles. The summed E-state index contributed by atoms with van der Waals surface area (Å²) in [4.78, 5) is 14.6. The second-order valence-corrected chi connectivity index (χ2v) is 23.2. The molecule has 63 heavy (non-hydrogen) atoms. The van der Waals surface area contributed by atoms with Crippen LogP contribution in [0.3, 0.4) is 0 Å². The Morgan fingerprint density at radius 3 is 1.98 bits per heavy atom. The van der Waals surface area contributed by atoms with E-state index in [0.29, 0.717) is 5.71 Å². The Bertz CT molecular complexity index is 3120. The molecule has 0 fully saturated rings. The number of aryl methyl sites for hydroxylation is 1. The van der Waals surface area contributed by atoms with Crippen LogP contribution < -0.4 is 5.19 Å². The molecule has 4 aromatic heterocycles. The van der Waals surface area contributed by atoms with E-state index in [1.54, 1.807) is 0 Å². The summed E-state index contributed by atoms with van der Waals surface area (Å²) in [5, 5.41) is 3.47. The number of benzene rings is 6. The van der Waals surface area contributed by atoms with Gasteiger partial charge >= 0.3 is 0 Å². The maximum Gasteiger partial charge on any atom is 0.216 e. The average molecular weight is 1020 g/mol. The summed E-state index contributed by atoms with van der Waals surface area (Å²) in [6.45, 7) is 16.1. The number of nitrogens with zero attached hydrogens (tertiary/aromatic N) is 4. The first-order valence-corrected chi connectivity index (χ1v) is 24.8. The van der Waals surface area contributed by atoms with Crippen molar-refractivity contribution in [2.45, 2.75) is 53.8 Å². The Hall–Kier alpha value is -6.24. The number of imidazole rings is 1. The van der Waals surface area contributed by atoms with Crippen LogP contribution in [0.25, 0.3) is 83.7 Å². The van der Waals surface area contributed by atoms with Crippen LogP contribution in [0.5, 0.6) is 0 Å². The zero-order valence-corrected chi connectivity index (χ0v) is 40.2. The van der Waals surface area contributed by atoms with Crippen molar-refractivity contribution in [1.29, 1.82) is 0 Å². The molecule has 0 unspecified atom stereocenters. The third-order valence-electron chi connectivity index (χ3n) is 11.2. The van der Waals surface area contributed by atoms with Crippen LogP contribution >= 0.6 is 0 Å². The van der Waals surface area contributed by atoms with Crippen LogP contribution in [0.1, 0.15) is 32.0 Å². The standard InChI is InChI=1S/C37H24N3O.C19H26NSi.Ir/c1-24-22-23-30-29-18-11-19-31(35(29)41-37(30)38-24)36-39-32-20-8-9-21-33(32)40(36)34-27(25-12-4-2-5-13-25)16-10-17-28(34)26-14-6-3-7-15-26;1-19(2,3)13-16-12-17(15-10-8-7-9-11-15)20-14-18(16)21(4,5)6;/h2-18,20-23H,1H3;7-10,12,14H,13H2,1-6H3;/q2*-1;. The van der Waals surface area contributed by atoms with Crippen molar-refractivity contribution in [2.24, 2.45) is 5.41 Å². The summed E-state index contributed by atoms with van der Waals surface area (Å²) in [5.74, 6) is 0.771. The topological polar surface area (TPSA) is 56.7 Å². The van der Waals surface area contributed by atoms with E-state index in [0.717, 1.165) is 90.1 Å². The van der Waals surface area contributed by atoms with Crippen LogP contribution in [-0.2, 0) is 26.5 Å². The molecule has 0 atom stereocenters. The molecule has 0 amide bonds. The van der Waals surface area contributed by atoms with Gasteiger partial charge in [0.05, 0.1) is 36.2 Å². The van der Waals surface area contributed by atoms with Crippen molar-refractivity contribution in [3.05, 3.63) is 187 Å². The molecule has 0 bridgehead atoms. The molecule has 10 aromatic rings. The van der Waals surface area contributed by atoms with E-state index < -0.39 is 8.07 Å². The van der Waals surface area contributed by atoms with Crippen molar-refractivity contribution in [3.8, 4) is 50.6 Å². The van der Waals surface area contributed by atoms with Crippen LogP contribution in [0, 0.1) is 24.5 Å². The molecule has 5 nitrogen and oxygen atoms in total. The van der Waals surface area contributed by atoms with E-state index in [1.807, 2.05) is 49.4 Å². The Kier molecular flexibility index (Phi) is 12.3. The zero-order chi connectivity index (χ0) is 43.0. The molecule has 0 aliphatic rings. The third kappa shape index (κ3) is 9.01. The molecular weight excluding hydrogens is 965 g/mol. The van der Waals surface area contributed by atoms with Crippen LogP contribution in [0.15, 0.2) is 168 Å². The molecule has 0 spiro atoms. The molecule has 315 valence electrons. The van der Waals surface area contributed by atoms with Gasteiger partial charge in [0.1, 0.15) is 0 Å². The van der Waals surface area contributed by atoms with Gasteiger partial charge in [0, 0.05) is 48.5 Å². The Balaban J connectivity index is 0.000000210. The van der Waals surface area contributed by atoms with Gasteiger partial charge in [-0.1, -0.05) is 154 Å². The first-order chi connectivity index (χ1) is 29.9. The van der Waals surface area contributed by atoms with E-state index in [2.05, 4.69) is 184 Å². The molecule has 0 aliphatic heterocycles. The fourth-order valence-electron chi connectivity index (χ4n) is 8.38. The molecular formula is C56H50IrN4OSi-2. The summed E-state index contributed by atoms with van der Waals surface area (Å²) in [5.41, 5.74) is 14.4. The number of fused-ring (bicyclic) bond motifs is 4. The second kappa shape index (κ2) is 17.9. The smallest absolute Gasteiger partial charge is 0.216 e. The van der Waals surface area contributed by atoms with Crippen LogP contribution in [0.2, 0.25) is 19.6 Å². The summed E-state index contributed by atoms with van der Waals surface area (Å²) in [6, 6.07) is 61.1. The third-order valence-corrected chi connectivity index (χ3v) is 13.2. The Labute approximate surface area is 385 Å². The van der Waals surface area contributed by atoms with Crippen LogP contribution in [-0.4, -0.2) is 27.6 Å². The van der Waals surface area contributed by atoms with Crippen molar-refractivity contribution in [2.75, 3.05) is 0 Å². The number of hydrogen-bond acceptors (Lipinski definition) is 4. The van der Waals surface area contributed by atoms with Crippen molar-refractivity contribution in [1.82, 2.24) is 19.5 Å². The van der Waals surface area contributed by atoms with Gasteiger partial charge in [0.2, 0.25) is 5.71 Å². The van der Waals surface area contributed by atoms with E-state index in [-0.39, 0.29) is 25.5 Å². The number of hydrogen-bond donors (Lipinski definition) is 0. The van der Waals surface area contributed by atoms with Gasteiger partial charge in [0.15, 0.2) is 0 Å².